The molecule has 0 aliphatic rings. The van der Waals surface area contributed by atoms with E-state index >= 15 is 0 Å². The molecule has 0 spiro atoms. The van der Waals surface area contributed by atoms with Crippen LogP contribution in [-0.2, 0) is 0 Å². The summed E-state index contributed by atoms with van der Waals surface area (Å²) in [5.41, 5.74) is 0. The number of ether oxygens (including phenoxy) is 1. The average molecular weight is 234 g/mol. The SMILES string of the molecule is O=C(O)NCCOc1ccc(F)cc1Cl. The van der Waals surface area contributed by atoms with Gasteiger partial charge in [-0.15, -0.1) is 0 Å². The molecule has 0 saturated heterocycles. The Hall–Kier alpha value is -1.49. The quantitative estimate of drug-likeness (QED) is 0.784. The molecular formula is C9H9ClFNO3. The van der Waals surface area contributed by atoms with E-state index in [1.807, 2.05) is 0 Å². The van der Waals surface area contributed by atoms with E-state index in [-0.39, 0.29) is 18.2 Å². The molecule has 1 aromatic rings. The van der Waals surface area contributed by atoms with Crippen LogP contribution < -0.4 is 10.1 Å². The minimum atomic E-state index is -1.12. The van der Waals surface area contributed by atoms with Crippen LogP contribution >= 0.6 is 11.6 Å². The fraction of sp³-hybridized carbons (Fsp3) is 0.222. The lowest BCUT2D eigenvalue weighted by atomic mass is 10.3. The molecule has 1 rings (SSSR count). The molecule has 0 bridgehead atoms. The standard InChI is InChI=1S/C9H9ClFNO3/c10-7-5-6(11)1-2-8(7)15-4-3-12-9(13)14/h1-2,5,12H,3-4H2,(H,13,14). The van der Waals surface area contributed by atoms with Gasteiger partial charge in [-0.25, -0.2) is 9.18 Å². The Morgan fingerprint density at radius 3 is 2.93 bits per heavy atom. The Kier molecular flexibility index (Phi) is 4.17. The molecule has 0 fully saturated rings. The number of carboxylic acid groups (broad SMARTS) is 1. The van der Waals surface area contributed by atoms with Crippen LogP contribution in [-0.4, -0.2) is 24.4 Å². The van der Waals surface area contributed by atoms with Gasteiger partial charge < -0.3 is 15.2 Å². The molecule has 0 saturated carbocycles. The van der Waals surface area contributed by atoms with Crippen molar-refractivity contribution in [3.05, 3.63) is 29.0 Å². The summed E-state index contributed by atoms with van der Waals surface area (Å²) >= 11 is 5.67. The second-order valence-electron chi connectivity index (χ2n) is 2.66. The first-order chi connectivity index (χ1) is 7.09. The van der Waals surface area contributed by atoms with Crippen LogP contribution in [0.3, 0.4) is 0 Å². The van der Waals surface area contributed by atoms with Gasteiger partial charge in [0.2, 0.25) is 0 Å². The molecular weight excluding hydrogens is 225 g/mol. The predicted molar refractivity (Wildman–Crippen MR) is 52.9 cm³/mol. The molecule has 2 N–H and O–H groups in total. The minimum absolute atomic E-state index is 0.137. The number of amides is 1. The molecule has 0 aromatic heterocycles. The summed E-state index contributed by atoms with van der Waals surface area (Å²) in [5.74, 6) is -0.124. The Morgan fingerprint density at radius 1 is 1.60 bits per heavy atom. The van der Waals surface area contributed by atoms with Crippen molar-refractivity contribution in [3.63, 3.8) is 0 Å². The van der Waals surface area contributed by atoms with E-state index in [4.69, 9.17) is 21.4 Å². The summed E-state index contributed by atoms with van der Waals surface area (Å²) in [6, 6.07) is 3.73. The summed E-state index contributed by atoms with van der Waals surface area (Å²) in [6.07, 6.45) is -1.12. The Labute approximate surface area is 90.6 Å². The molecule has 0 heterocycles. The number of halogens is 2. The molecule has 1 aromatic carbocycles. The Balaban J connectivity index is 2.40. The molecule has 1 amide bonds. The van der Waals surface area contributed by atoms with Crippen molar-refractivity contribution in [1.29, 1.82) is 0 Å². The molecule has 0 unspecified atom stereocenters. The number of hydrogen-bond acceptors (Lipinski definition) is 2. The van der Waals surface area contributed by atoms with E-state index in [2.05, 4.69) is 5.32 Å². The topological polar surface area (TPSA) is 58.6 Å². The lowest BCUT2D eigenvalue weighted by molar-refractivity contribution is 0.191. The first kappa shape index (κ1) is 11.6. The monoisotopic (exact) mass is 233 g/mol. The lowest BCUT2D eigenvalue weighted by Gasteiger charge is -2.07. The van der Waals surface area contributed by atoms with Crippen molar-refractivity contribution in [2.75, 3.05) is 13.2 Å². The molecule has 0 aliphatic heterocycles. The van der Waals surface area contributed by atoms with Crippen molar-refractivity contribution in [2.24, 2.45) is 0 Å². The zero-order valence-corrected chi connectivity index (χ0v) is 8.42. The molecule has 15 heavy (non-hydrogen) atoms. The maximum Gasteiger partial charge on any atom is 0.404 e. The van der Waals surface area contributed by atoms with Gasteiger partial charge in [0.15, 0.2) is 0 Å². The summed E-state index contributed by atoms with van der Waals surface area (Å²) in [7, 11) is 0. The molecule has 0 atom stereocenters. The number of benzene rings is 1. The minimum Gasteiger partial charge on any atom is -0.490 e. The summed E-state index contributed by atoms with van der Waals surface area (Å²) in [5, 5.41) is 10.5. The second kappa shape index (κ2) is 5.41. The van der Waals surface area contributed by atoms with Gasteiger partial charge in [-0.1, -0.05) is 11.6 Å². The summed E-state index contributed by atoms with van der Waals surface area (Å²) in [4.78, 5) is 10.1. The third kappa shape index (κ3) is 4.03. The van der Waals surface area contributed by atoms with Crippen molar-refractivity contribution in [2.45, 2.75) is 0 Å². The zero-order chi connectivity index (χ0) is 11.3. The largest absolute Gasteiger partial charge is 0.490 e. The highest BCUT2D eigenvalue weighted by atomic mass is 35.5. The summed E-state index contributed by atoms with van der Waals surface area (Å²) in [6.45, 7) is 0.278. The summed E-state index contributed by atoms with van der Waals surface area (Å²) < 4.78 is 17.7. The highest BCUT2D eigenvalue weighted by Crippen LogP contribution is 2.24. The molecule has 0 radical (unpaired) electrons. The number of rotatable bonds is 4. The number of carbonyl (C=O) groups is 1. The van der Waals surface area contributed by atoms with Crippen LogP contribution in [0.4, 0.5) is 9.18 Å². The highest BCUT2D eigenvalue weighted by Gasteiger charge is 2.02. The zero-order valence-electron chi connectivity index (χ0n) is 7.67. The Bertz CT molecular complexity index is 359. The smallest absolute Gasteiger partial charge is 0.404 e. The van der Waals surface area contributed by atoms with Gasteiger partial charge in [-0.2, -0.15) is 0 Å². The van der Waals surface area contributed by atoms with Crippen LogP contribution in [0.15, 0.2) is 18.2 Å². The molecule has 6 heteroatoms. The average Bonchev–Trinajstić information content (AvgIpc) is 2.14. The van der Waals surface area contributed by atoms with Crippen molar-refractivity contribution < 1.29 is 19.0 Å². The van der Waals surface area contributed by atoms with Crippen molar-refractivity contribution in [1.82, 2.24) is 5.32 Å². The fourth-order valence-electron chi connectivity index (χ4n) is 0.911. The first-order valence-electron chi connectivity index (χ1n) is 4.14. The van der Waals surface area contributed by atoms with Gasteiger partial charge in [0, 0.05) is 0 Å². The van der Waals surface area contributed by atoms with Gasteiger partial charge >= 0.3 is 6.09 Å². The normalized spacial score (nSPS) is 9.73. The maximum absolute atomic E-state index is 12.6. The van der Waals surface area contributed by atoms with Gasteiger partial charge in [0.1, 0.15) is 18.2 Å². The van der Waals surface area contributed by atoms with Gasteiger partial charge in [-0.05, 0) is 18.2 Å². The van der Waals surface area contributed by atoms with Crippen molar-refractivity contribution in [3.8, 4) is 5.75 Å². The van der Waals surface area contributed by atoms with Gasteiger partial charge in [0.05, 0.1) is 11.6 Å². The van der Waals surface area contributed by atoms with Crippen LogP contribution in [0.2, 0.25) is 5.02 Å². The van der Waals surface area contributed by atoms with Crippen LogP contribution in [0.1, 0.15) is 0 Å². The van der Waals surface area contributed by atoms with E-state index in [1.54, 1.807) is 0 Å². The Morgan fingerprint density at radius 2 is 2.33 bits per heavy atom. The van der Waals surface area contributed by atoms with Gasteiger partial charge in [-0.3, -0.25) is 0 Å². The van der Waals surface area contributed by atoms with E-state index in [0.29, 0.717) is 5.75 Å². The van der Waals surface area contributed by atoms with E-state index in [1.165, 1.54) is 12.1 Å². The lowest BCUT2D eigenvalue weighted by Crippen LogP contribution is -2.26. The number of hydrogen-bond donors (Lipinski definition) is 2. The molecule has 4 nitrogen and oxygen atoms in total. The van der Waals surface area contributed by atoms with E-state index in [9.17, 15) is 9.18 Å². The first-order valence-corrected chi connectivity index (χ1v) is 4.52. The van der Waals surface area contributed by atoms with E-state index in [0.717, 1.165) is 6.07 Å². The van der Waals surface area contributed by atoms with Crippen LogP contribution in [0.25, 0.3) is 0 Å². The van der Waals surface area contributed by atoms with E-state index < -0.39 is 11.9 Å². The maximum atomic E-state index is 12.6. The molecule has 82 valence electrons. The third-order valence-electron chi connectivity index (χ3n) is 1.53. The van der Waals surface area contributed by atoms with Crippen LogP contribution in [0.5, 0.6) is 5.75 Å². The fourth-order valence-corrected chi connectivity index (χ4v) is 1.13. The molecule has 0 aliphatic carbocycles. The highest BCUT2D eigenvalue weighted by molar-refractivity contribution is 6.32. The van der Waals surface area contributed by atoms with Crippen molar-refractivity contribution >= 4 is 17.7 Å². The second-order valence-corrected chi connectivity index (χ2v) is 3.06. The number of nitrogens with one attached hydrogen (secondary N) is 1. The third-order valence-corrected chi connectivity index (χ3v) is 1.83. The predicted octanol–water partition coefficient (Wildman–Crippen LogP) is 2.13. The van der Waals surface area contributed by atoms with Crippen LogP contribution in [0, 0.1) is 5.82 Å². The van der Waals surface area contributed by atoms with Gasteiger partial charge in [0.25, 0.3) is 0 Å².